The molecule has 2 rings (SSSR count). The summed E-state index contributed by atoms with van der Waals surface area (Å²) in [7, 11) is 0. The second-order valence-corrected chi connectivity index (χ2v) is 3.03. The average molecular weight is 186 g/mol. The van der Waals surface area contributed by atoms with Crippen molar-refractivity contribution in [1.29, 1.82) is 0 Å². The molecule has 0 saturated carbocycles. The van der Waals surface area contributed by atoms with Crippen molar-refractivity contribution in [2.75, 3.05) is 0 Å². The molecule has 1 aromatic heterocycles. The van der Waals surface area contributed by atoms with Gasteiger partial charge in [-0.15, -0.1) is 0 Å². The Morgan fingerprint density at radius 1 is 1.36 bits per heavy atom. The number of H-pyrrole nitrogens is 1. The second kappa shape index (κ2) is 3.87. The van der Waals surface area contributed by atoms with E-state index < -0.39 is 0 Å². The van der Waals surface area contributed by atoms with Crippen LogP contribution in [0.3, 0.4) is 0 Å². The van der Waals surface area contributed by atoms with E-state index in [0.717, 1.165) is 23.2 Å². The summed E-state index contributed by atoms with van der Waals surface area (Å²) in [5.41, 5.74) is 1.72. The lowest BCUT2D eigenvalue weighted by Gasteiger charge is -2.01. The smallest absolute Gasteiger partial charge is 0.150 e. The van der Waals surface area contributed by atoms with Gasteiger partial charge in [-0.2, -0.15) is 0 Å². The molecule has 0 fully saturated rings. The van der Waals surface area contributed by atoms with Crippen LogP contribution in [0.2, 0.25) is 0 Å². The Morgan fingerprint density at radius 3 is 2.93 bits per heavy atom. The van der Waals surface area contributed by atoms with Crippen LogP contribution in [0.4, 0.5) is 0 Å². The van der Waals surface area contributed by atoms with Crippen molar-refractivity contribution >= 4 is 6.29 Å². The van der Waals surface area contributed by atoms with Gasteiger partial charge < -0.3 is 4.98 Å². The molecule has 0 atom stereocenters. The van der Waals surface area contributed by atoms with Crippen LogP contribution in [0.15, 0.2) is 36.7 Å². The zero-order chi connectivity index (χ0) is 9.80. The molecule has 0 aliphatic rings. The maximum atomic E-state index is 10.7. The Hall–Kier alpha value is -1.90. The van der Waals surface area contributed by atoms with E-state index in [1.54, 1.807) is 12.4 Å². The normalized spacial score (nSPS) is 10.0. The zero-order valence-electron chi connectivity index (χ0n) is 7.60. The zero-order valence-corrected chi connectivity index (χ0v) is 7.60. The number of aromatic amines is 1. The number of rotatable bonds is 3. The molecule has 1 N–H and O–H groups in total. The Balaban J connectivity index is 2.28. The molecule has 2 aromatic rings. The number of hydrogen-bond donors (Lipinski definition) is 1. The van der Waals surface area contributed by atoms with Gasteiger partial charge in [-0.1, -0.05) is 24.3 Å². The van der Waals surface area contributed by atoms with Crippen molar-refractivity contribution in [3.63, 3.8) is 0 Å². The molecule has 1 heterocycles. The van der Waals surface area contributed by atoms with Crippen molar-refractivity contribution < 1.29 is 4.79 Å². The van der Waals surface area contributed by atoms with Gasteiger partial charge in [-0.25, -0.2) is 4.98 Å². The summed E-state index contributed by atoms with van der Waals surface area (Å²) in [6.45, 7) is 0. The molecule has 0 saturated heterocycles. The molecule has 70 valence electrons. The highest BCUT2D eigenvalue weighted by molar-refractivity contribution is 5.77. The molecule has 0 radical (unpaired) electrons. The van der Waals surface area contributed by atoms with Crippen LogP contribution in [0.1, 0.15) is 21.7 Å². The van der Waals surface area contributed by atoms with Crippen molar-refractivity contribution in [3.8, 4) is 0 Å². The molecular weight excluding hydrogens is 176 g/mol. The molecule has 0 bridgehead atoms. The number of carbonyl (C=O) groups is 1. The average Bonchev–Trinajstić information content (AvgIpc) is 2.71. The third-order valence-corrected chi connectivity index (χ3v) is 2.09. The van der Waals surface area contributed by atoms with Crippen molar-refractivity contribution in [3.05, 3.63) is 53.6 Å². The van der Waals surface area contributed by atoms with Crippen LogP contribution in [0.25, 0.3) is 0 Å². The highest BCUT2D eigenvalue weighted by atomic mass is 16.1. The highest BCUT2D eigenvalue weighted by Crippen LogP contribution is 2.09. The van der Waals surface area contributed by atoms with E-state index in [0.29, 0.717) is 6.42 Å². The Morgan fingerprint density at radius 2 is 2.21 bits per heavy atom. The summed E-state index contributed by atoms with van der Waals surface area (Å²) in [4.78, 5) is 17.9. The second-order valence-electron chi connectivity index (χ2n) is 3.03. The van der Waals surface area contributed by atoms with Crippen LogP contribution in [-0.2, 0) is 6.42 Å². The van der Waals surface area contributed by atoms with Crippen molar-refractivity contribution in [2.45, 2.75) is 6.42 Å². The molecule has 0 amide bonds. The van der Waals surface area contributed by atoms with E-state index in [1.165, 1.54) is 0 Å². The van der Waals surface area contributed by atoms with E-state index >= 15 is 0 Å². The van der Waals surface area contributed by atoms with Crippen LogP contribution < -0.4 is 0 Å². The number of aldehydes is 1. The first-order valence-corrected chi connectivity index (χ1v) is 4.41. The number of nitrogens with one attached hydrogen (secondary N) is 1. The predicted octanol–water partition coefficient (Wildman–Crippen LogP) is 1.81. The number of imidazole rings is 1. The number of nitrogens with zero attached hydrogens (tertiary/aromatic N) is 1. The van der Waals surface area contributed by atoms with E-state index in [4.69, 9.17) is 0 Å². The first-order chi connectivity index (χ1) is 6.90. The number of benzene rings is 1. The van der Waals surface area contributed by atoms with Gasteiger partial charge in [0.15, 0.2) is 0 Å². The molecule has 0 unspecified atom stereocenters. The molecule has 3 nitrogen and oxygen atoms in total. The fourth-order valence-corrected chi connectivity index (χ4v) is 1.39. The van der Waals surface area contributed by atoms with Gasteiger partial charge >= 0.3 is 0 Å². The summed E-state index contributed by atoms with van der Waals surface area (Å²) < 4.78 is 0. The number of carbonyl (C=O) groups excluding carboxylic acids is 1. The molecule has 14 heavy (non-hydrogen) atoms. The van der Waals surface area contributed by atoms with E-state index in [2.05, 4.69) is 9.97 Å². The predicted molar refractivity (Wildman–Crippen MR) is 53.2 cm³/mol. The van der Waals surface area contributed by atoms with Gasteiger partial charge in [0.1, 0.15) is 12.1 Å². The third kappa shape index (κ3) is 1.71. The lowest BCUT2D eigenvalue weighted by molar-refractivity contribution is 0.112. The minimum Gasteiger partial charge on any atom is -0.348 e. The third-order valence-electron chi connectivity index (χ3n) is 2.09. The summed E-state index contributed by atoms with van der Waals surface area (Å²) in [5, 5.41) is 0. The van der Waals surface area contributed by atoms with E-state index in [1.807, 2.05) is 24.3 Å². The largest absolute Gasteiger partial charge is 0.348 e. The van der Waals surface area contributed by atoms with Crippen molar-refractivity contribution in [2.24, 2.45) is 0 Å². The summed E-state index contributed by atoms with van der Waals surface area (Å²) in [6.07, 6.45) is 5.03. The van der Waals surface area contributed by atoms with E-state index in [9.17, 15) is 4.79 Å². The fraction of sp³-hybridized carbons (Fsp3) is 0.0909. The monoisotopic (exact) mass is 186 g/mol. The minimum absolute atomic E-state index is 0.669. The maximum Gasteiger partial charge on any atom is 0.150 e. The van der Waals surface area contributed by atoms with Crippen LogP contribution in [0, 0.1) is 0 Å². The lowest BCUT2D eigenvalue weighted by atomic mass is 10.1. The fourth-order valence-electron chi connectivity index (χ4n) is 1.39. The molecule has 0 spiro atoms. The molecule has 1 aromatic carbocycles. The van der Waals surface area contributed by atoms with Gasteiger partial charge in [0.25, 0.3) is 0 Å². The van der Waals surface area contributed by atoms with Crippen LogP contribution >= 0.6 is 0 Å². The van der Waals surface area contributed by atoms with Gasteiger partial charge in [-0.3, -0.25) is 4.79 Å². The first-order valence-electron chi connectivity index (χ1n) is 4.41. The summed E-state index contributed by atoms with van der Waals surface area (Å²) in [5.74, 6) is 0.874. The minimum atomic E-state index is 0.669. The first kappa shape index (κ1) is 8.69. The highest BCUT2D eigenvalue weighted by Gasteiger charge is 2.02. The van der Waals surface area contributed by atoms with E-state index in [-0.39, 0.29) is 0 Å². The number of hydrogen-bond acceptors (Lipinski definition) is 2. The maximum absolute atomic E-state index is 10.7. The molecular formula is C11H10N2O. The standard InChI is InChI=1S/C11H10N2O/c14-8-10-4-2-1-3-9(10)7-11-12-5-6-13-11/h1-6,8H,7H2,(H,12,13). The summed E-state index contributed by atoms with van der Waals surface area (Å²) in [6, 6.07) is 7.53. The Bertz CT molecular complexity index is 421. The SMILES string of the molecule is O=Cc1ccccc1Cc1ncc[nH]1. The van der Waals surface area contributed by atoms with Crippen LogP contribution in [-0.4, -0.2) is 16.3 Å². The Labute approximate surface area is 81.8 Å². The molecule has 0 aliphatic heterocycles. The van der Waals surface area contributed by atoms with Crippen LogP contribution in [0.5, 0.6) is 0 Å². The van der Waals surface area contributed by atoms with Gasteiger partial charge in [-0.05, 0) is 5.56 Å². The van der Waals surface area contributed by atoms with Crippen molar-refractivity contribution in [1.82, 2.24) is 9.97 Å². The van der Waals surface area contributed by atoms with Gasteiger partial charge in [0.2, 0.25) is 0 Å². The lowest BCUT2D eigenvalue weighted by Crippen LogP contribution is -1.95. The molecule has 0 aliphatic carbocycles. The Kier molecular flexibility index (Phi) is 2.40. The molecule has 3 heteroatoms. The number of aromatic nitrogens is 2. The van der Waals surface area contributed by atoms with Gasteiger partial charge in [0, 0.05) is 24.4 Å². The summed E-state index contributed by atoms with van der Waals surface area (Å²) >= 11 is 0. The van der Waals surface area contributed by atoms with Gasteiger partial charge in [0.05, 0.1) is 0 Å². The quantitative estimate of drug-likeness (QED) is 0.743. The topological polar surface area (TPSA) is 45.8 Å².